The maximum atomic E-state index is 10.5. The Morgan fingerprint density at radius 3 is 2.57 bits per heavy atom. The molecule has 0 unspecified atom stereocenters. The topological polar surface area (TPSA) is 58.6 Å². The summed E-state index contributed by atoms with van der Waals surface area (Å²) >= 11 is 2.16. The van der Waals surface area contributed by atoms with E-state index in [4.69, 9.17) is 0 Å². The molecule has 0 saturated heterocycles. The SMILES string of the molecule is CC(=O)NOB(O)c1ccc(I)cc1. The number of rotatable bonds is 3. The first-order valence-electron chi connectivity index (χ1n) is 3.95. The van der Waals surface area contributed by atoms with Crippen molar-refractivity contribution >= 4 is 41.1 Å². The van der Waals surface area contributed by atoms with Crippen molar-refractivity contribution in [3.63, 3.8) is 0 Å². The van der Waals surface area contributed by atoms with Gasteiger partial charge in [0, 0.05) is 10.5 Å². The molecule has 0 aliphatic carbocycles. The van der Waals surface area contributed by atoms with Gasteiger partial charge < -0.3 is 5.02 Å². The summed E-state index contributed by atoms with van der Waals surface area (Å²) in [6, 6.07) is 7.15. The van der Waals surface area contributed by atoms with Crippen molar-refractivity contribution in [2.75, 3.05) is 0 Å². The number of carbonyl (C=O) groups excluding carboxylic acids is 1. The van der Waals surface area contributed by atoms with Crippen molar-refractivity contribution in [2.24, 2.45) is 0 Å². The van der Waals surface area contributed by atoms with Gasteiger partial charge in [0.2, 0.25) is 5.91 Å². The van der Waals surface area contributed by atoms with Crippen molar-refractivity contribution < 1.29 is 14.6 Å². The molecule has 0 atom stereocenters. The van der Waals surface area contributed by atoms with E-state index in [2.05, 4.69) is 32.8 Å². The molecule has 2 N–H and O–H groups in total. The van der Waals surface area contributed by atoms with Crippen LogP contribution in [0, 0.1) is 3.57 Å². The van der Waals surface area contributed by atoms with Crippen molar-refractivity contribution in [3.8, 4) is 0 Å². The molecule has 4 nitrogen and oxygen atoms in total. The van der Waals surface area contributed by atoms with Crippen molar-refractivity contribution in [3.05, 3.63) is 27.8 Å². The van der Waals surface area contributed by atoms with Gasteiger partial charge in [0.15, 0.2) is 0 Å². The molecule has 14 heavy (non-hydrogen) atoms. The number of halogens is 1. The average Bonchev–Trinajstić information content (AvgIpc) is 2.15. The van der Waals surface area contributed by atoms with E-state index in [0.717, 1.165) is 3.57 Å². The Bertz CT molecular complexity index is 317. The van der Waals surface area contributed by atoms with Crippen LogP contribution in [0.3, 0.4) is 0 Å². The highest BCUT2D eigenvalue weighted by atomic mass is 127. The second kappa shape index (κ2) is 5.33. The number of benzene rings is 1. The van der Waals surface area contributed by atoms with Crippen LogP contribution >= 0.6 is 22.6 Å². The molecule has 74 valence electrons. The van der Waals surface area contributed by atoms with E-state index in [9.17, 15) is 9.82 Å². The van der Waals surface area contributed by atoms with Crippen molar-refractivity contribution in [1.82, 2.24) is 5.48 Å². The molecule has 0 heterocycles. The first kappa shape index (κ1) is 11.5. The summed E-state index contributed by atoms with van der Waals surface area (Å²) in [6.07, 6.45) is 0. The predicted molar refractivity (Wildman–Crippen MR) is 61.7 cm³/mol. The lowest BCUT2D eigenvalue weighted by atomic mass is 9.80. The molecular formula is C8H9BINO3. The number of hydrogen-bond acceptors (Lipinski definition) is 3. The highest BCUT2D eigenvalue weighted by Gasteiger charge is 2.16. The van der Waals surface area contributed by atoms with E-state index >= 15 is 0 Å². The van der Waals surface area contributed by atoms with E-state index in [1.54, 1.807) is 12.1 Å². The van der Waals surface area contributed by atoms with Gasteiger partial charge in [-0.3, -0.25) is 9.55 Å². The second-order valence-corrected chi connectivity index (χ2v) is 3.93. The van der Waals surface area contributed by atoms with Gasteiger partial charge in [-0.1, -0.05) is 12.1 Å². The van der Waals surface area contributed by atoms with Crippen molar-refractivity contribution in [1.29, 1.82) is 0 Å². The first-order chi connectivity index (χ1) is 6.59. The van der Waals surface area contributed by atoms with E-state index in [-0.39, 0.29) is 5.91 Å². The Hall–Kier alpha value is -0.595. The van der Waals surface area contributed by atoms with E-state index in [0.29, 0.717) is 5.46 Å². The lowest BCUT2D eigenvalue weighted by Gasteiger charge is -2.07. The summed E-state index contributed by atoms with van der Waals surface area (Å²) in [4.78, 5) is 10.5. The molecule has 0 aromatic heterocycles. The molecule has 1 rings (SSSR count). The monoisotopic (exact) mass is 305 g/mol. The van der Waals surface area contributed by atoms with Crippen molar-refractivity contribution in [2.45, 2.75) is 6.92 Å². The molecule has 0 saturated carbocycles. The zero-order chi connectivity index (χ0) is 10.6. The number of carbonyl (C=O) groups is 1. The summed E-state index contributed by atoms with van der Waals surface area (Å²) in [5.74, 6) is -0.352. The first-order valence-corrected chi connectivity index (χ1v) is 5.03. The van der Waals surface area contributed by atoms with E-state index < -0.39 is 7.12 Å². The predicted octanol–water partition coefficient (Wildman–Crippen LogP) is 0.0464. The van der Waals surface area contributed by atoms with Crippen LogP contribution in [0.1, 0.15) is 6.92 Å². The number of hydroxylamine groups is 1. The van der Waals surface area contributed by atoms with Crippen LogP contribution < -0.4 is 10.9 Å². The van der Waals surface area contributed by atoms with Gasteiger partial charge in [-0.2, -0.15) is 0 Å². The minimum absolute atomic E-state index is 0.352. The third kappa shape index (κ3) is 3.65. The zero-order valence-corrected chi connectivity index (χ0v) is 9.69. The average molecular weight is 305 g/mol. The Labute approximate surface area is 95.9 Å². The number of amides is 1. The van der Waals surface area contributed by atoms with Gasteiger partial charge in [-0.25, -0.2) is 5.48 Å². The third-order valence-corrected chi connectivity index (χ3v) is 2.19. The minimum atomic E-state index is -1.13. The highest BCUT2D eigenvalue weighted by Crippen LogP contribution is 2.00. The van der Waals surface area contributed by atoms with Gasteiger partial charge in [0.25, 0.3) is 0 Å². The van der Waals surface area contributed by atoms with Gasteiger partial charge in [-0.15, -0.1) is 0 Å². The molecule has 0 aliphatic heterocycles. The molecule has 0 fully saturated rings. The number of hydrogen-bond donors (Lipinski definition) is 2. The van der Waals surface area contributed by atoms with Gasteiger partial charge >= 0.3 is 7.12 Å². The quantitative estimate of drug-likeness (QED) is 0.471. The molecule has 6 heteroatoms. The smallest absolute Gasteiger partial charge is 0.422 e. The minimum Gasteiger partial charge on any atom is -0.422 e. The fraction of sp³-hybridized carbons (Fsp3) is 0.125. The maximum Gasteiger partial charge on any atom is 0.514 e. The Balaban J connectivity index is 2.56. The normalized spacial score (nSPS) is 9.64. The molecule has 0 aliphatic rings. The van der Waals surface area contributed by atoms with Gasteiger partial charge in [0.1, 0.15) is 0 Å². The molecule has 1 aromatic rings. The van der Waals surface area contributed by atoms with E-state index in [1.807, 2.05) is 12.1 Å². The van der Waals surface area contributed by atoms with Crippen LogP contribution in [0.15, 0.2) is 24.3 Å². The van der Waals surface area contributed by atoms with Crippen LogP contribution in [0.2, 0.25) is 0 Å². The lowest BCUT2D eigenvalue weighted by molar-refractivity contribution is -0.126. The zero-order valence-electron chi connectivity index (χ0n) is 7.53. The molecular weight excluding hydrogens is 296 g/mol. The van der Waals surface area contributed by atoms with Crippen LogP contribution in [0.4, 0.5) is 0 Å². The third-order valence-electron chi connectivity index (χ3n) is 1.47. The summed E-state index contributed by atoms with van der Waals surface area (Å²) < 4.78 is 5.75. The largest absolute Gasteiger partial charge is 0.514 e. The standard InChI is InChI=1S/C8H9BINO3/c1-6(12)11-14-9(13)7-2-4-8(10)5-3-7/h2-5,13H,1H3,(H,11,12). The summed E-state index contributed by atoms with van der Waals surface area (Å²) in [7, 11) is -1.13. The maximum absolute atomic E-state index is 10.5. The molecule has 0 radical (unpaired) electrons. The molecule has 0 bridgehead atoms. The fourth-order valence-electron chi connectivity index (χ4n) is 0.834. The van der Waals surface area contributed by atoms with Crippen LogP contribution in [-0.4, -0.2) is 18.0 Å². The molecule has 1 amide bonds. The Morgan fingerprint density at radius 1 is 1.50 bits per heavy atom. The lowest BCUT2D eigenvalue weighted by Crippen LogP contribution is -2.40. The van der Waals surface area contributed by atoms with Gasteiger partial charge in [0.05, 0.1) is 0 Å². The fourth-order valence-corrected chi connectivity index (χ4v) is 1.19. The highest BCUT2D eigenvalue weighted by molar-refractivity contribution is 14.1. The van der Waals surface area contributed by atoms with Gasteiger partial charge in [-0.05, 0) is 40.2 Å². The Kier molecular flexibility index (Phi) is 4.37. The van der Waals surface area contributed by atoms with Crippen LogP contribution in [0.5, 0.6) is 0 Å². The molecule has 0 spiro atoms. The number of nitrogens with one attached hydrogen (secondary N) is 1. The summed E-state index contributed by atoms with van der Waals surface area (Å²) in [5.41, 5.74) is 2.66. The van der Waals surface area contributed by atoms with Crippen LogP contribution in [-0.2, 0) is 9.55 Å². The van der Waals surface area contributed by atoms with Crippen LogP contribution in [0.25, 0.3) is 0 Å². The molecule has 1 aromatic carbocycles. The second-order valence-electron chi connectivity index (χ2n) is 2.68. The summed E-state index contributed by atoms with van der Waals surface area (Å²) in [6.45, 7) is 1.31. The Morgan fingerprint density at radius 2 is 2.07 bits per heavy atom. The van der Waals surface area contributed by atoms with E-state index in [1.165, 1.54) is 6.92 Å². The summed E-state index contributed by atoms with van der Waals surface area (Å²) in [5, 5.41) is 9.42.